The third-order valence-corrected chi connectivity index (χ3v) is 1.88. The van der Waals surface area contributed by atoms with E-state index in [-0.39, 0.29) is 6.17 Å². The van der Waals surface area contributed by atoms with E-state index in [0.29, 0.717) is 6.61 Å². The highest BCUT2D eigenvalue weighted by Gasteiger charge is 2.20. The smallest absolute Gasteiger partial charge is 0.177 e. The third-order valence-electron chi connectivity index (χ3n) is 1.88. The second-order valence-corrected chi connectivity index (χ2v) is 2.48. The number of nitrogens with zero attached hydrogens (tertiary/aromatic N) is 2. The Hall–Kier alpha value is -0.790. The number of ether oxygens (including phenoxy) is 1. The van der Waals surface area contributed by atoms with E-state index in [4.69, 9.17) is 10.00 Å². The maximum absolute atomic E-state index is 8.39. The van der Waals surface area contributed by atoms with E-state index < -0.39 is 0 Å². The number of likely N-dealkylation sites (N-methyl/N-ethyl adjacent to an activating group) is 1. The summed E-state index contributed by atoms with van der Waals surface area (Å²) in [4.78, 5) is 2.19. The van der Waals surface area contributed by atoms with Gasteiger partial charge in [-0.3, -0.25) is 4.90 Å². The van der Waals surface area contributed by atoms with Crippen LogP contribution in [0.2, 0.25) is 0 Å². The van der Waals surface area contributed by atoms with Crippen LogP contribution in [0.5, 0.6) is 0 Å². The lowest BCUT2D eigenvalue weighted by Crippen LogP contribution is -2.51. The number of hydrogen-bond acceptors (Lipinski definition) is 4. The summed E-state index contributed by atoms with van der Waals surface area (Å²) in [5.74, 6) is 0. The standard InChI is InChI=1S/C7H13N3O/c1-2-10-3-4-11-5-7(10)9-6-8/h7,9H,2-5H2,1H3. The van der Waals surface area contributed by atoms with Crippen LogP contribution < -0.4 is 5.32 Å². The van der Waals surface area contributed by atoms with Gasteiger partial charge in [0.15, 0.2) is 6.19 Å². The summed E-state index contributed by atoms with van der Waals surface area (Å²) in [7, 11) is 0. The van der Waals surface area contributed by atoms with E-state index in [1.807, 2.05) is 6.19 Å². The molecule has 0 aliphatic carbocycles. The van der Waals surface area contributed by atoms with E-state index in [9.17, 15) is 0 Å². The molecule has 0 radical (unpaired) electrons. The van der Waals surface area contributed by atoms with Crippen molar-refractivity contribution in [3.05, 3.63) is 0 Å². The van der Waals surface area contributed by atoms with Crippen LogP contribution in [0.15, 0.2) is 0 Å². The molecule has 1 fully saturated rings. The van der Waals surface area contributed by atoms with Crippen LogP contribution >= 0.6 is 0 Å². The molecule has 4 nitrogen and oxygen atoms in total. The average molecular weight is 155 g/mol. The van der Waals surface area contributed by atoms with Crippen molar-refractivity contribution in [2.75, 3.05) is 26.3 Å². The normalized spacial score (nSPS) is 26.0. The molecule has 0 aromatic heterocycles. The van der Waals surface area contributed by atoms with Crippen LogP contribution in [0.3, 0.4) is 0 Å². The molecule has 1 atom stereocenters. The Morgan fingerprint density at radius 1 is 1.82 bits per heavy atom. The van der Waals surface area contributed by atoms with E-state index in [2.05, 4.69) is 17.1 Å². The number of morpholine rings is 1. The first kappa shape index (κ1) is 8.31. The fraction of sp³-hybridized carbons (Fsp3) is 0.857. The maximum atomic E-state index is 8.39. The van der Waals surface area contributed by atoms with Gasteiger partial charge in [0.2, 0.25) is 0 Å². The van der Waals surface area contributed by atoms with Gasteiger partial charge >= 0.3 is 0 Å². The Balaban J connectivity index is 2.39. The Bertz CT molecular complexity index is 154. The van der Waals surface area contributed by atoms with Crippen LogP contribution in [0.25, 0.3) is 0 Å². The fourth-order valence-corrected chi connectivity index (χ4v) is 1.22. The van der Waals surface area contributed by atoms with Gasteiger partial charge in [0.25, 0.3) is 0 Å². The predicted octanol–water partition coefficient (Wildman–Crippen LogP) is -0.265. The van der Waals surface area contributed by atoms with Gasteiger partial charge in [-0.25, -0.2) is 0 Å². The van der Waals surface area contributed by atoms with Crippen molar-refractivity contribution in [3.8, 4) is 6.19 Å². The first-order valence-electron chi connectivity index (χ1n) is 3.85. The minimum atomic E-state index is 0.0822. The molecule has 0 saturated carbocycles. The number of nitriles is 1. The summed E-state index contributed by atoms with van der Waals surface area (Å²) >= 11 is 0. The molecule has 1 N–H and O–H groups in total. The molecule has 0 bridgehead atoms. The molecular weight excluding hydrogens is 142 g/mol. The van der Waals surface area contributed by atoms with Gasteiger partial charge in [0.1, 0.15) is 6.17 Å². The zero-order chi connectivity index (χ0) is 8.10. The predicted molar refractivity (Wildman–Crippen MR) is 40.6 cm³/mol. The van der Waals surface area contributed by atoms with Crippen LogP contribution in [0.4, 0.5) is 0 Å². The lowest BCUT2D eigenvalue weighted by Gasteiger charge is -2.33. The van der Waals surface area contributed by atoms with Crippen LogP contribution in [0, 0.1) is 11.5 Å². The Morgan fingerprint density at radius 3 is 3.27 bits per heavy atom. The van der Waals surface area contributed by atoms with E-state index in [0.717, 1.165) is 19.7 Å². The largest absolute Gasteiger partial charge is 0.377 e. The Kier molecular flexibility index (Phi) is 3.14. The number of nitrogens with one attached hydrogen (secondary N) is 1. The average Bonchev–Trinajstić information content (AvgIpc) is 2.06. The zero-order valence-corrected chi connectivity index (χ0v) is 6.71. The summed E-state index contributed by atoms with van der Waals surface area (Å²) in [5, 5.41) is 11.1. The van der Waals surface area contributed by atoms with Gasteiger partial charge in [0, 0.05) is 6.54 Å². The molecule has 0 amide bonds. The van der Waals surface area contributed by atoms with E-state index in [1.165, 1.54) is 0 Å². The first-order valence-corrected chi connectivity index (χ1v) is 3.85. The highest BCUT2D eigenvalue weighted by Crippen LogP contribution is 2.02. The minimum absolute atomic E-state index is 0.0822. The van der Waals surface area contributed by atoms with Crippen LogP contribution in [-0.2, 0) is 4.74 Å². The Morgan fingerprint density at radius 2 is 2.64 bits per heavy atom. The molecule has 0 aromatic carbocycles. The topological polar surface area (TPSA) is 48.3 Å². The molecule has 4 heteroatoms. The maximum Gasteiger partial charge on any atom is 0.177 e. The van der Waals surface area contributed by atoms with Gasteiger partial charge < -0.3 is 10.1 Å². The summed E-state index contributed by atoms with van der Waals surface area (Å²) < 4.78 is 5.21. The highest BCUT2D eigenvalue weighted by atomic mass is 16.5. The molecule has 62 valence electrons. The van der Waals surface area contributed by atoms with E-state index >= 15 is 0 Å². The van der Waals surface area contributed by atoms with Gasteiger partial charge in [-0.05, 0) is 6.54 Å². The zero-order valence-electron chi connectivity index (χ0n) is 6.71. The molecule has 1 aliphatic rings. The van der Waals surface area contributed by atoms with Gasteiger partial charge in [-0.15, -0.1) is 0 Å². The van der Waals surface area contributed by atoms with Crippen LogP contribution in [0.1, 0.15) is 6.92 Å². The van der Waals surface area contributed by atoms with Crippen molar-refractivity contribution >= 4 is 0 Å². The van der Waals surface area contributed by atoms with Crippen molar-refractivity contribution in [2.45, 2.75) is 13.1 Å². The molecular formula is C7H13N3O. The SMILES string of the molecule is CCN1CCOCC1NC#N. The molecule has 0 aromatic rings. The molecule has 11 heavy (non-hydrogen) atoms. The van der Waals surface area contributed by atoms with Gasteiger partial charge in [-0.1, -0.05) is 6.92 Å². The molecule has 1 saturated heterocycles. The fourth-order valence-electron chi connectivity index (χ4n) is 1.22. The van der Waals surface area contributed by atoms with Crippen molar-refractivity contribution in [1.29, 1.82) is 5.26 Å². The molecule has 1 unspecified atom stereocenters. The van der Waals surface area contributed by atoms with Crippen molar-refractivity contribution < 1.29 is 4.74 Å². The minimum Gasteiger partial charge on any atom is -0.377 e. The lowest BCUT2D eigenvalue weighted by molar-refractivity contribution is -0.0116. The van der Waals surface area contributed by atoms with Crippen molar-refractivity contribution in [2.24, 2.45) is 0 Å². The summed E-state index contributed by atoms with van der Waals surface area (Å²) in [6.07, 6.45) is 2.01. The molecule has 1 rings (SSSR count). The lowest BCUT2D eigenvalue weighted by atomic mass is 10.3. The monoisotopic (exact) mass is 155 g/mol. The molecule has 1 heterocycles. The van der Waals surface area contributed by atoms with Crippen molar-refractivity contribution in [1.82, 2.24) is 10.2 Å². The molecule has 0 spiro atoms. The van der Waals surface area contributed by atoms with Crippen LogP contribution in [-0.4, -0.2) is 37.4 Å². The second kappa shape index (κ2) is 4.16. The second-order valence-electron chi connectivity index (χ2n) is 2.48. The summed E-state index contributed by atoms with van der Waals surface area (Å²) in [6.45, 7) is 5.34. The molecule has 1 aliphatic heterocycles. The Labute approximate surface area is 66.7 Å². The van der Waals surface area contributed by atoms with E-state index in [1.54, 1.807) is 0 Å². The number of rotatable bonds is 2. The quantitative estimate of drug-likeness (QED) is 0.440. The number of hydrogen-bond donors (Lipinski definition) is 1. The van der Waals surface area contributed by atoms with Crippen molar-refractivity contribution in [3.63, 3.8) is 0 Å². The third kappa shape index (κ3) is 2.07. The van der Waals surface area contributed by atoms with Gasteiger partial charge in [0.05, 0.1) is 13.2 Å². The highest BCUT2D eigenvalue weighted by molar-refractivity contribution is 4.78. The van der Waals surface area contributed by atoms with Gasteiger partial charge in [-0.2, -0.15) is 5.26 Å². The summed E-state index contributed by atoms with van der Waals surface area (Å²) in [6, 6.07) is 0. The first-order chi connectivity index (χ1) is 5.38. The summed E-state index contributed by atoms with van der Waals surface area (Å²) in [5.41, 5.74) is 0.